The van der Waals surface area contributed by atoms with Crippen molar-refractivity contribution in [2.45, 2.75) is 24.4 Å². The molecule has 0 fully saturated rings. The zero-order valence-corrected chi connectivity index (χ0v) is 9.48. The van der Waals surface area contributed by atoms with Gasteiger partial charge in [0, 0.05) is 5.38 Å². The van der Waals surface area contributed by atoms with Crippen molar-refractivity contribution in [2.75, 3.05) is 7.11 Å². The van der Waals surface area contributed by atoms with Crippen LogP contribution in [0.4, 0.5) is 13.2 Å². The highest BCUT2D eigenvalue weighted by Gasteiger charge is 2.30. The van der Waals surface area contributed by atoms with E-state index in [-0.39, 0.29) is 6.42 Å². The van der Waals surface area contributed by atoms with E-state index in [9.17, 15) is 13.2 Å². The number of rotatable bonds is 4. The standard InChI is InChI=1S/C11H12ClF3O/c1-16-10-4-2-3-8(6-10)5-9(12)7-11(13,14)15/h2-4,6,9H,5,7H2,1H3. The van der Waals surface area contributed by atoms with Gasteiger partial charge < -0.3 is 4.74 Å². The summed E-state index contributed by atoms with van der Waals surface area (Å²) in [6.07, 6.45) is -5.02. The maximum atomic E-state index is 12.0. The van der Waals surface area contributed by atoms with Gasteiger partial charge in [-0.1, -0.05) is 12.1 Å². The summed E-state index contributed by atoms with van der Waals surface area (Å²) in [6, 6.07) is 6.88. The molecule has 0 bridgehead atoms. The molecule has 0 radical (unpaired) electrons. The lowest BCUT2D eigenvalue weighted by atomic mass is 10.1. The second kappa shape index (κ2) is 5.43. The van der Waals surface area contributed by atoms with Crippen LogP contribution in [0.15, 0.2) is 24.3 Å². The molecule has 16 heavy (non-hydrogen) atoms. The SMILES string of the molecule is COc1cccc(CC(Cl)CC(F)(F)F)c1. The molecule has 0 amide bonds. The molecule has 1 nitrogen and oxygen atoms in total. The summed E-state index contributed by atoms with van der Waals surface area (Å²) >= 11 is 5.63. The van der Waals surface area contributed by atoms with Crippen molar-refractivity contribution in [3.63, 3.8) is 0 Å². The van der Waals surface area contributed by atoms with Crippen LogP contribution in [0.25, 0.3) is 0 Å². The van der Waals surface area contributed by atoms with Crippen molar-refractivity contribution in [3.05, 3.63) is 29.8 Å². The predicted octanol–water partition coefficient (Wildman–Crippen LogP) is 3.80. The first kappa shape index (κ1) is 13.2. The summed E-state index contributed by atoms with van der Waals surface area (Å²) in [4.78, 5) is 0. The number of alkyl halides is 4. The van der Waals surface area contributed by atoms with Crippen LogP contribution in [-0.2, 0) is 6.42 Å². The van der Waals surface area contributed by atoms with E-state index < -0.39 is 18.0 Å². The van der Waals surface area contributed by atoms with Crippen LogP contribution in [0.2, 0.25) is 0 Å². The molecule has 0 aromatic heterocycles. The minimum absolute atomic E-state index is 0.179. The summed E-state index contributed by atoms with van der Waals surface area (Å²) in [5, 5.41) is -0.938. The van der Waals surface area contributed by atoms with Crippen molar-refractivity contribution in [2.24, 2.45) is 0 Å². The summed E-state index contributed by atoms with van der Waals surface area (Å²) in [7, 11) is 1.51. The summed E-state index contributed by atoms with van der Waals surface area (Å²) < 4.78 is 41.1. The minimum Gasteiger partial charge on any atom is -0.497 e. The molecule has 1 rings (SSSR count). The molecule has 1 aromatic rings. The van der Waals surface area contributed by atoms with Crippen molar-refractivity contribution >= 4 is 11.6 Å². The molecular formula is C11H12ClF3O. The molecule has 0 N–H and O–H groups in total. The monoisotopic (exact) mass is 252 g/mol. The average molecular weight is 253 g/mol. The molecule has 0 saturated carbocycles. The summed E-state index contributed by atoms with van der Waals surface area (Å²) in [5.74, 6) is 0.619. The van der Waals surface area contributed by atoms with Gasteiger partial charge in [-0.25, -0.2) is 0 Å². The topological polar surface area (TPSA) is 9.23 Å². The summed E-state index contributed by atoms with van der Waals surface area (Å²) in [6.45, 7) is 0. The van der Waals surface area contributed by atoms with Gasteiger partial charge in [-0.15, -0.1) is 11.6 Å². The molecule has 1 unspecified atom stereocenters. The highest BCUT2D eigenvalue weighted by molar-refractivity contribution is 6.20. The van der Waals surface area contributed by atoms with E-state index in [4.69, 9.17) is 16.3 Å². The van der Waals surface area contributed by atoms with Gasteiger partial charge in [-0.3, -0.25) is 0 Å². The van der Waals surface area contributed by atoms with E-state index >= 15 is 0 Å². The van der Waals surface area contributed by atoms with Crippen LogP contribution in [0.1, 0.15) is 12.0 Å². The lowest BCUT2D eigenvalue weighted by Crippen LogP contribution is -2.17. The first-order valence-electron chi connectivity index (χ1n) is 4.74. The number of benzene rings is 1. The Hall–Kier alpha value is -0.900. The zero-order chi connectivity index (χ0) is 12.2. The van der Waals surface area contributed by atoms with E-state index in [1.165, 1.54) is 7.11 Å². The molecule has 0 aliphatic heterocycles. The van der Waals surface area contributed by atoms with Gasteiger partial charge in [0.05, 0.1) is 13.5 Å². The molecule has 0 spiro atoms. The number of hydrogen-bond donors (Lipinski definition) is 0. The Bertz CT molecular complexity index is 338. The Morgan fingerprint density at radius 2 is 2.06 bits per heavy atom. The third-order valence-corrected chi connectivity index (χ3v) is 2.35. The summed E-state index contributed by atoms with van der Waals surface area (Å²) in [5.41, 5.74) is 0.739. The second-order valence-electron chi connectivity index (χ2n) is 3.47. The average Bonchev–Trinajstić information content (AvgIpc) is 2.15. The quantitative estimate of drug-likeness (QED) is 0.741. The van der Waals surface area contributed by atoms with Gasteiger partial charge >= 0.3 is 6.18 Å². The molecule has 1 aromatic carbocycles. The van der Waals surface area contributed by atoms with Gasteiger partial charge in [0.25, 0.3) is 0 Å². The number of ether oxygens (including phenoxy) is 1. The minimum atomic E-state index is -4.22. The van der Waals surface area contributed by atoms with E-state index in [1.807, 2.05) is 0 Å². The van der Waals surface area contributed by atoms with Crippen molar-refractivity contribution in [3.8, 4) is 5.75 Å². The lowest BCUT2D eigenvalue weighted by Gasteiger charge is -2.12. The van der Waals surface area contributed by atoms with E-state index in [1.54, 1.807) is 24.3 Å². The number of methoxy groups -OCH3 is 1. The molecule has 1 atom stereocenters. The van der Waals surface area contributed by atoms with Gasteiger partial charge in [0.2, 0.25) is 0 Å². The van der Waals surface area contributed by atoms with Gasteiger partial charge in [-0.2, -0.15) is 13.2 Å². The Morgan fingerprint density at radius 1 is 1.38 bits per heavy atom. The van der Waals surface area contributed by atoms with Crippen LogP contribution >= 0.6 is 11.6 Å². The van der Waals surface area contributed by atoms with Gasteiger partial charge in [0.1, 0.15) is 5.75 Å². The largest absolute Gasteiger partial charge is 0.497 e. The molecule has 90 valence electrons. The van der Waals surface area contributed by atoms with Crippen LogP contribution in [0, 0.1) is 0 Å². The first-order chi connectivity index (χ1) is 7.40. The third-order valence-electron chi connectivity index (χ3n) is 2.04. The smallest absolute Gasteiger partial charge is 0.390 e. The second-order valence-corrected chi connectivity index (χ2v) is 4.09. The highest BCUT2D eigenvalue weighted by Crippen LogP contribution is 2.26. The van der Waals surface area contributed by atoms with Crippen molar-refractivity contribution in [1.29, 1.82) is 0 Å². The Labute approximate surface area is 97.2 Å². The molecule has 0 aliphatic carbocycles. The van der Waals surface area contributed by atoms with Crippen molar-refractivity contribution in [1.82, 2.24) is 0 Å². The molecule has 0 heterocycles. The van der Waals surface area contributed by atoms with Crippen LogP contribution < -0.4 is 4.74 Å². The predicted molar refractivity (Wildman–Crippen MR) is 57.0 cm³/mol. The Balaban J connectivity index is 2.59. The van der Waals surface area contributed by atoms with Crippen LogP contribution in [0.5, 0.6) is 5.75 Å². The van der Waals surface area contributed by atoms with Gasteiger partial charge in [0.15, 0.2) is 0 Å². The van der Waals surface area contributed by atoms with Crippen molar-refractivity contribution < 1.29 is 17.9 Å². The number of hydrogen-bond acceptors (Lipinski definition) is 1. The maximum absolute atomic E-state index is 12.0. The zero-order valence-electron chi connectivity index (χ0n) is 8.72. The number of halogens is 4. The maximum Gasteiger partial charge on any atom is 0.390 e. The molecule has 5 heteroatoms. The molecule has 0 saturated heterocycles. The van der Waals surface area contributed by atoms with E-state index in [0.29, 0.717) is 5.75 Å². The molecule has 0 aliphatic rings. The fraction of sp³-hybridized carbons (Fsp3) is 0.455. The fourth-order valence-electron chi connectivity index (χ4n) is 1.38. The fourth-order valence-corrected chi connectivity index (χ4v) is 1.73. The van der Waals surface area contributed by atoms with E-state index in [2.05, 4.69) is 0 Å². The van der Waals surface area contributed by atoms with E-state index in [0.717, 1.165) is 5.56 Å². The third kappa shape index (κ3) is 4.75. The first-order valence-corrected chi connectivity index (χ1v) is 5.18. The Morgan fingerprint density at radius 3 is 2.62 bits per heavy atom. The van der Waals surface area contributed by atoms with Crippen LogP contribution in [-0.4, -0.2) is 18.7 Å². The normalized spacial score (nSPS) is 13.6. The highest BCUT2D eigenvalue weighted by atomic mass is 35.5. The lowest BCUT2D eigenvalue weighted by molar-refractivity contribution is -0.134. The molecular weight excluding hydrogens is 241 g/mol. The Kier molecular flexibility index (Phi) is 4.47. The van der Waals surface area contributed by atoms with Gasteiger partial charge in [-0.05, 0) is 24.1 Å². The van der Waals surface area contributed by atoms with Crippen LogP contribution in [0.3, 0.4) is 0 Å².